The monoisotopic (exact) mass is 868 g/mol. The first-order valence-corrected chi connectivity index (χ1v) is 24.3. The first-order valence-electron chi connectivity index (χ1n) is 21.8. The van der Waals surface area contributed by atoms with E-state index in [1.54, 1.807) is 23.7 Å². The molecule has 5 nitrogen and oxygen atoms in total. The minimum atomic E-state index is -3.44. The van der Waals surface area contributed by atoms with E-state index in [9.17, 15) is 0 Å². The number of aromatic nitrogens is 3. The molecule has 2 aliphatic rings. The molecule has 7 heteroatoms. The zero-order valence-corrected chi connectivity index (χ0v) is 36.6. The summed E-state index contributed by atoms with van der Waals surface area (Å²) < 4.78 is 19.1. The molecule has 2 aliphatic heterocycles. The number of rotatable bonds is 5. The molecule has 5 heterocycles. The van der Waals surface area contributed by atoms with Crippen LogP contribution in [0.15, 0.2) is 225 Å². The van der Waals surface area contributed by atoms with Gasteiger partial charge in [0.2, 0.25) is 0 Å². The van der Waals surface area contributed by atoms with Gasteiger partial charge in [-0.1, -0.05) is 152 Å². The molecule has 0 bridgehead atoms. The Labute approximate surface area is 380 Å². The first-order chi connectivity index (χ1) is 32.1. The largest absolute Gasteiger partial charge is 0.310 e. The summed E-state index contributed by atoms with van der Waals surface area (Å²) in [6.45, 7) is 0. The van der Waals surface area contributed by atoms with Gasteiger partial charge in [0.05, 0.1) is 28.2 Å². The number of hydrogen-bond donors (Lipinski definition) is 0. The van der Waals surface area contributed by atoms with Gasteiger partial charge in [0, 0.05) is 70.9 Å². The Morgan fingerprint density at radius 2 is 1.08 bits per heavy atom. The Bertz CT molecular complexity index is 3650. The molecule has 0 saturated carbocycles. The van der Waals surface area contributed by atoms with Crippen molar-refractivity contribution in [3.63, 3.8) is 0 Å². The highest BCUT2D eigenvalue weighted by atomic mass is 32.1. The summed E-state index contributed by atoms with van der Waals surface area (Å²) in [6.07, 6.45) is 3.60. The predicted molar refractivity (Wildman–Crippen MR) is 269 cm³/mol. The molecule has 0 aliphatic carbocycles. The molecule has 0 N–H and O–H groups in total. The second-order valence-corrected chi connectivity index (χ2v) is 20.4. The van der Waals surface area contributed by atoms with Gasteiger partial charge in [0.25, 0.3) is 0 Å². The second-order valence-electron chi connectivity index (χ2n) is 16.7. The number of nitrogens with zero attached hydrogens (tertiary/aromatic N) is 4. The van der Waals surface area contributed by atoms with Crippen molar-refractivity contribution in [2.24, 2.45) is 0 Å². The van der Waals surface area contributed by atoms with E-state index in [0.29, 0.717) is 5.82 Å². The average Bonchev–Trinajstić information content (AvgIpc) is 3.75. The third kappa shape index (κ3) is 5.58. The topological polar surface area (TPSA) is 59.0 Å². The summed E-state index contributed by atoms with van der Waals surface area (Å²) in [4.78, 5) is 17.3. The Kier molecular flexibility index (Phi) is 8.51. The van der Waals surface area contributed by atoms with Gasteiger partial charge in [-0.3, -0.25) is 4.98 Å². The zero-order chi connectivity index (χ0) is 43.1. The van der Waals surface area contributed by atoms with Gasteiger partial charge < -0.3 is 9.46 Å². The SMILES string of the molecule is O=P1(c2ccccc2)c2ccccc2C2(c3ccccc3N(c3ccccc3)c3cc(-c4nc(-c5ccccc5)cc(-c5ccncc5)n4)ccc32)c2cc3c(cc21)sc1ccccc13. The molecular weight excluding hydrogens is 832 g/mol. The van der Waals surface area contributed by atoms with E-state index in [0.717, 1.165) is 88.0 Å². The van der Waals surface area contributed by atoms with Crippen LogP contribution in [-0.4, -0.2) is 15.0 Å². The zero-order valence-electron chi connectivity index (χ0n) is 34.9. The van der Waals surface area contributed by atoms with E-state index in [-0.39, 0.29) is 0 Å². The third-order valence-corrected chi connectivity index (χ3v) is 17.5. The van der Waals surface area contributed by atoms with Crippen molar-refractivity contribution in [3.05, 3.63) is 247 Å². The van der Waals surface area contributed by atoms with Crippen LogP contribution in [0.4, 0.5) is 17.1 Å². The molecule has 0 radical (unpaired) electrons. The Balaban J connectivity index is 1.16. The number of pyridine rings is 1. The summed E-state index contributed by atoms with van der Waals surface area (Å²) in [6, 6.07) is 74.4. The van der Waals surface area contributed by atoms with Crippen molar-refractivity contribution >= 4 is 71.6 Å². The van der Waals surface area contributed by atoms with Gasteiger partial charge in [0.15, 0.2) is 13.0 Å². The standard InChI is InChI=1S/C58H37N4OPS/c63-64(42-20-8-3-9-21-42)53-26-14-12-24-47(53)58(48-35-44-43-22-10-15-27-55(43)65-56(44)37-54(48)64)45-23-11-13-25-51(45)62(41-18-6-2-7-19-41)52-34-40(28-29-46(52)58)57-60-49(38-16-4-1-5-17-38)36-50(61-57)39-30-32-59-33-31-39/h1-37H. The van der Waals surface area contributed by atoms with Crippen LogP contribution < -0.4 is 20.8 Å². The first kappa shape index (κ1) is 37.8. The van der Waals surface area contributed by atoms with Crippen molar-refractivity contribution in [2.45, 2.75) is 5.41 Å². The van der Waals surface area contributed by atoms with Crippen molar-refractivity contribution in [2.75, 3.05) is 4.90 Å². The van der Waals surface area contributed by atoms with Gasteiger partial charge in [-0.25, -0.2) is 9.97 Å². The van der Waals surface area contributed by atoms with E-state index >= 15 is 4.57 Å². The molecule has 11 aromatic rings. The average molecular weight is 869 g/mol. The normalized spacial score (nSPS) is 17.1. The lowest BCUT2D eigenvalue weighted by molar-refractivity contribution is 0.590. The number of benzene rings is 8. The Morgan fingerprint density at radius 3 is 1.86 bits per heavy atom. The van der Waals surface area contributed by atoms with Gasteiger partial charge in [-0.2, -0.15) is 0 Å². The van der Waals surface area contributed by atoms with E-state index in [1.165, 1.54) is 15.5 Å². The van der Waals surface area contributed by atoms with Crippen LogP contribution in [0.5, 0.6) is 0 Å². The van der Waals surface area contributed by atoms with E-state index in [4.69, 9.17) is 9.97 Å². The molecule has 306 valence electrons. The summed E-state index contributed by atoms with van der Waals surface area (Å²) in [5.41, 5.74) is 11.0. The van der Waals surface area contributed by atoms with Crippen LogP contribution >= 0.6 is 18.5 Å². The van der Waals surface area contributed by atoms with Gasteiger partial charge in [-0.15, -0.1) is 11.3 Å². The van der Waals surface area contributed by atoms with E-state index in [1.807, 2.05) is 60.7 Å². The highest BCUT2D eigenvalue weighted by Crippen LogP contribution is 2.63. The fraction of sp³-hybridized carbons (Fsp3) is 0.0172. The smallest absolute Gasteiger partial charge is 0.171 e. The number of anilines is 3. The van der Waals surface area contributed by atoms with E-state index in [2.05, 4.69) is 162 Å². The summed E-state index contributed by atoms with van der Waals surface area (Å²) in [5, 5.41) is 4.93. The molecule has 0 fully saturated rings. The molecule has 0 amide bonds. The van der Waals surface area contributed by atoms with Crippen LogP contribution in [0.25, 0.3) is 54.1 Å². The lowest BCUT2D eigenvalue weighted by atomic mass is 9.62. The highest BCUT2D eigenvalue weighted by Gasteiger charge is 2.55. The summed E-state index contributed by atoms with van der Waals surface area (Å²) in [5.74, 6) is 0.617. The van der Waals surface area contributed by atoms with Crippen molar-refractivity contribution in [3.8, 4) is 33.9 Å². The molecule has 65 heavy (non-hydrogen) atoms. The second kappa shape index (κ2) is 14.6. The lowest BCUT2D eigenvalue weighted by Crippen LogP contribution is -2.49. The van der Waals surface area contributed by atoms with Crippen LogP contribution in [0.3, 0.4) is 0 Å². The molecule has 0 saturated heterocycles. The molecule has 3 aromatic heterocycles. The van der Waals surface area contributed by atoms with Gasteiger partial charge in [0.1, 0.15) is 0 Å². The number of hydrogen-bond acceptors (Lipinski definition) is 6. The van der Waals surface area contributed by atoms with Gasteiger partial charge in [-0.05, 0) is 82.9 Å². The third-order valence-electron chi connectivity index (χ3n) is 13.2. The minimum absolute atomic E-state index is 0.617. The van der Waals surface area contributed by atoms with Crippen molar-refractivity contribution in [1.29, 1.82) is 0 Å². The molecular formula is C58H37N4OPS. The van der Waals surface area contributed by atoms with Crippen molar-refractivity contribution < 1.29 is 4.57 Å². The number of fused-ring (bicyclic) bond motifs is 11. The fourth-order valence-corrected chi connectivity index (χ4v) is 14.8. The summed E-state index contributed by atoms with van der Waals surface area (Å²) >= 11 is 1.77. The molecule has 1 spiro atoms. The highest BCUT2D eigenvalue weighted by molar-refractivity contribution is 7.85. The lowest BCUT2D eigenvalue weighted by Gasteiger charge is -2.50. The molecule has 13 rings (SSSR count). The van der Waals surface area contributed by atoms with Gasteiger partial charge >= 0.3 is 0 Å². The van der Waals surface area contributed by atoms with Crippen LogP contribution in [0.2, 0.25) is 0 Å². The molecule has 2 atom stereocenters. The number of thiophene rings is 1. The maximum Gasteiger partial charge on any atom is 0.171 e. The predicted octanol–water partition coefficient (Wildman–Crippen LogP) is 13.4. The minimum Gasteiger partial charge on any atom is -0.310 e. The number of para-hydroxylation sites is 2. The van der Waals surface area contributed by atoms with Crippen molar-refractivity contribution in [1.82, 2.24) is 15.0 Å². The quantitative estimate of drug-likeness (QED) is 0.161. The maximum atomic E-state index is 16.8. The van der Waals surface area contributed by atoms with Crippen LogP contribution in [-0.2, 0) is 9.98 Å². The Morgan fingerprint density at radius 1 is 0.446 bits per heavy atom. The molecule has 2 unspecified atom stereocenters. The molecule has 8 aromatic carbocycles. The summed E-state index contributed by atoms with van der Waals surface area (Å²) in [7, 11) is -3.44. The van der Waals surface area contributed by atoms with E-state index < -0.39 is 12.6 Å². The fourth-order valence-electron chi connectivity index (χ4n) is 10.5. The maximum absolute atomic E-state index is 16.8. The Hall–Kier alpha value is -7.76. The van der Waals surface area contributed by atoms with Crippen LogP contribution in [0, 0.1) is 0 Å². The van der Waals surface area contributed by atoms with Crippen LogP contribution in [0.1, 0.15) is 22.3 Å².